The molecule has 2 N–H and O–H groups in total. The van der Waals surface area contributed by atoms with Crippen molar-refractivity contribution >= 4 is 28.2 Å². The Morgan fingerprint density at radius 3 is 2.38 bits per heavy atom. The van der Waals surface area contributed by atoms with Gasteiger partial charge in [0.05, 0.1) is 11.0 Å². The molecular weight excluding hydrogens is 346 g/mol. The highest BCUT2D eigenvalue weighted by Gasteiger charge is 2.61. The van der Waals surface area contributed by atoms with Gasteiger partial charge in [0.1, 0.15) is 5.00 Å². The number of carboxylic acid groups (broad SMARTS) is 1. The first-order valence-electron chi connectivity index (χ1n) is 10.3. The van der Waals surface area contributed by atoms with E-state index in [1.165, 1.54) is 48.3 Å². The van der Waals surface area contributed by atoms with Crippen LogP contribution in [0.5, 0.6) is 0 Å². The summed E-state index contributed by atoms with van der Waals surface area (Å²) in [6.07, 6.45) is 12.1. The van der Waals surface area contributed by atoms with Crippen LogP contribution in [0.4, 0.5) is 5.00 Å². The van der Waals surface area contributed by atoms with Crippen LogP contribution in [0.1, 0.15) is 78.6 Å². The van der Waals surface area contributed by atoms with Crippen molar-refractivity contribution in [3.63, 3.8) is 0 Å². The lowest BCUT2D eigenvalue weighted by Gasteiger charge is -2.31. The van der Waals surface area contributed by atoms with E-state index in [4.69, 9.17) is 0 Å². The lowest BCUT2D eigenvalue weighted by atomic mass is 9.75. The Balaban J connectivity index is 1.46. The second kappa shape index (κ2) is 6.08. The van der Waals surface area contributed by atoms with Gasteiger partial charge in [-0.3, -0.25) is 4.79 Å². The number of carboxylic acids is 1. The van der Waals surface area contributed by atoms with E-state index in [1.807, 2.05) is 0 Å². The number of thiophene rings is 1. The maximum Gasteiger partial charge on any atom is 0.339 e. The lowest BCUT2D eigenvalue weighted by molar-refractivity contribution is -0.127. The van der Waals surface area contributed by atoms with Crippen molar-refractivity contribution < 1.29 is 14.7 Å². The predicted octanol–water partition coefficient (Wildman–Crippen LogP) is 4.87. The Bertz CT molecular complexity index is 754. The number of carbonyl (C=O) groups excluding carboxylic acids is 1. The van der Waals surface area contributed by atoms with Crippen molar-refractivity contribution in [2.45, 2.75) is 70.6 Å². The number of aromatic carboxylic acids is 1. The van der Waals surface area contributed by atoms with E-state index in [-0.39, 0.29) is 11.3 Å². The standard InChI is InChI=1S/C21H27NO3S/c23-19(24)17-15-5-3-1-2-4-6-16(15)26-18(17)22-20(25)21-10-12-7-13(11-21)9-14(21)8-12/h12-14H,1-11H2,(H,22,25)(H,23,24). The van der Waals surface area contributed by atoms with Crippen LogP contribution in [0.2, 0.25) is 0 Å². The van der Waals surface area contributed by atoms with Crippen LogP contribution in [0.25, 0.3) is 0 Å². The minimum Gasteiger partial charge on any atom is -0.478 e. The Labute approximate surface area is 158 Å². The molecule has 5 heteroatoms. The second-order valence-electron chi connectivity index (χ2n) is 9.08. The van der Waals surface area contributed by atoms with Crippen LogP contribution in [-0.2, 0) is 17.6 Å². The Hall–Kier alpha value is -1.36. The fourth-order valence-electron chi connectivity index (χ4n) is 6.63. The van der Waals surface area contributed by atoms with E-state index >= 15 is 0 Å². The van der Waals surface area contributed by atoms with Gasteiger partial charge in [-0.05, 0) is 81.1 Å². The Kier molecular flexibility index (Phi) is 3.93. The molecule has 1 aromatic heterocycles. The SMILES string of the molecule is O=C(O)c1c(NC(=O)C23CC4CC(CC2C4)C3)sc2c1CCCCCC2. The fraction of sp³-hybridized carbons (Fsp3) is 0.714. The number of amides is 1. The molecule has 0 spiro atoms. The number of fused-ring (bicyclic) bond motifs is 1. The quantitative estimate of drug-likeness (QED) is 0.794. The molecule has 4 nitrogen and oxygen atoms in total. The maximum atomic E-state index is 13.3. The molecule has 2 unspecified atom stereocenters. The molecule has 2 atom stereocenters. The normalized spacial score (nSPS) is 35.0. The van der Waals surface area contributed by atoms with Gasteiger partial charge < -0.3 is 10.4 Å². The molecule has 1 aromatic rings. The van der Waals surface area contributed by atoms with Gasteiger partial charge in [0.2, 0.25) is 5.91 Å². The zero-order chi connectivity index (χ0) is 17.9. The molecule has 4 saturated carbocycles. The summed E-state index contributed by atoms with van der Waals surface area (Å²) in [4.78, 5) is 26.5. The molecule has 26 heavy (non-hydrogen) atoms. The molecule has 1 heterocycles. The second-order valence-corrected chi connectivity index (χ2v) is 10.2. The number of rotatable bonds is 3. The molecule has 4 bridgehead atoms. The summed E-state index contributed by atoms with van der Waals surface area (Å²) < 4.78 is 0. The van der Waals surface area contributed by atoms with E-state index in [0.717, 1.165) is 55.9 Å². The predicted molar refractivity (Wildman–Crippen MR) is 102 cm³/mol. The van der Waals surface area contributed by atoms with Crippen molar-refractivity contribution in [1.82, 2.24) is 0 Å². The van der Waals surface area contributed by atoms with Gasteiger partial charge in [0.15, 0.2) is 0 Å². The molecule has 6 rings (SSSR count). The van der Waals surface area contributed by atoms with Gasteiger partial charge in [0, 0.05) is 4.88 Å². The summed E-state index contributed by atoms with van der Waals surface area (Å²) in [7, 11) is 0. The van der Waals surface area contributed by atoms with Gasteiger partial charge in [-0.15, -0.1) is 11.3 Å². The van der Waals surface area contributed by atoms with Crippen LogP contribution < -0.4 is 5.32 Å². The number of hydrogen-bond acceptors (Lipinski definition) is 3. The van der Waals surface area contributed by atoms with Crippen molar-refractivity contribution in [2.24, 2.45) is 23.2 Å². The first-order chi connectivity index (χ1) is 12.6. The van der Waals surface area contributed by atoms with Crippen LogP contribution in [0.3, 0.4) is 0 Å². The number of anilines is 1. The maximum absolute atomic E-state index is 13.3. The van der Waals surface area contributed by atoms with E-state index in [1.54, 1.807) is 0 Å². The highest BCUT2D eigenvalue weighted by atomic mass is 32.1. The first-order valence-corrected chi connectivity index (χ1v) is 11.1. The number of hydrogen-bond donors (Lipinski definition) is 2. The fourth-order valence-corrected chi connectivity index (χ4v) is 7.90. The first kappa shape index (κ1) is 16.8. The summed E-state index contributed by atoms with van der Waals surface area (Å²) in [5, 5.41) is 13.6. The molecule has 1 amide bonds. The van der Waals surface area contributed by atoms with Crippen molar-refractivity contribution in [3.8, 4) is 0 Å². The average molecular weight is 374 g/mol. The zero-order valence-electron chi connectivity index (χ0n) is 15.2. The minimum atomic E-state index is -0.881. The molecule has 0 radical (unpaired) electrons. The topological polar surface area (TPSA) is 66.4 Å². The molecule has 0 aliphatic heterocycles. The summed E-state index contributed by atoms with van der Waals surface area (Å²) in [6.45, 7) is 0. The van der Waals surface area contributed by atoms with Gasteiger partial charge in [0.25, 0.3) is 0 Å². The van der Waals surface area contributed by atoms with E-state index < -0.39 is 5.97 Å². The van der Waals surface area contributed by atoms with Gasteiger partial charge in [-0.2, -0.15) is 0 Å². The largest absolute Gasteiger partial charge is 0.478 e. The van der Waals surface area contributed by atoms with Crippen LogP contribution in [0.15, 0.2) is 0 Å². The number of carbonyl (C=O) groups is 2. The summed E-state index contributed by atoms with van der Waals surface area (Å²) in [5.41, 5.74) is 1.17. The molecule has 5 aliphatic rings. The third-order valence-electron chi connectivity index (χ3n) is 7.55. The van der Waals surface area contributed by atoms with Crippen LogP contribution >= 0.6 is 11.3 Å². The van der Waals surface area contributed by atoms with E-state index in [0.29, 0.717) is 16.5 Å². The van der Waals surface area contributed by atoms with E-state index in [9.17, 15) is 14.7 Å². The van der Waals surface area contributed by atoms with Gasteiger partial charge in [-0.1, -0.05) is 12.8 Å². The number of nitrogens with one attached hydrogen (secondary N) is 1. The highest BCUT2D eigenvalue weighted by molar-refractivity contribution is 7.17. The monoisotopic (exact) mass is 373 g/mol. The smallest absolute Gasteiger partial charge is 0.339 e. The van der Waals surface area contributed by atoms with Crippen LogP contribution in [-0.4, -0.2) is 17.0 Å². The molecule has 140 valence electrons. The number of aryl methyl sites for hydroxylation is 1. The summed E-state index contributed by atoms with van der Waals surface area (Å²) in [5.74, 6) is 1.21. The van der Waals surface area contributed by atoms with Crippen molar-refractivity contribution in [2.75, 3.05) is 5.32 Å². The van der Waals surface area contributed by atoms with Crippen LogP contribution in [0, 0.1) is 23.2 Å². The molecule has 4 fully saturated rings. The Morgan fingerprint density at radius 1 is 1.00 bits per heavy atom. The van der Waals surface area contributed by atoms with Gasteiger partial charge in [-0.25, -0.2) is 4.79 Å². The lowest BCUT2D eigenvalue weighted by Crippen LogP contribution is -2.37. The zero-order valence-corrected chi connectivity index (χ0v) is 16.0. The molecule has 0 saturated heterocycles. The van der Waals surface area contributed by atoms with Crippen molar-refractivity contribution in [1.29, 1.82) is 0 Å². The Morgan fingerprint density at radius 2 is 1.69 bits per heavy atom. The minimum absolute atomic E-state index is 0.115. The van der Waals surface area contributed by atoms with Gasteiger partial charge >= 0.3 is 5.97 Å². The third-order valence-corrected chi connectivity index (χ3v) is 8.76. The van der Waals surface area contributed by atoms with E-state index in [2.05, 4.69) is 5.32 Å². The average Bonchev–Trinajstić information content (AvgIpc) is 3.12. The molecular formula is C21H27NO3S. The summed E-state index contributed by atoms with van der Waals surface area (Å²) >= 11 is 1.53. The van der Waals surface area contributed by atoms with Crippen molar-refractivity contribution in [3.05, 3.63) is 16.0 Å². The molecule has 5 aliphatic carbocycles. The molecule has 0 aromatic carbocycles. The summed E-state index contributed by atoms with van der Waals surface area (Å²) in [6, 6.07) is 0. The highest BCUT2D eigenvalue weighted by Crippen LogP contribution is 2.65. The third kappa shape index (κ3) is 2.46.